The molecular formula is C11H21N3O. The molecule has 3 saturated heterocycles. The minimum absolute atomic E-state index is 0.0608. The first-order chi connectivity index (χ1) is 7.25. The molecule has 0 saturated carbocycles. The maximum Gasteiger partial charge on any atom is 0.216 e. The van der Waals surface area contributed by atoms with Gasteiger partial charge in [-0.05, 0) is 31.8 Å². The van der Waals surface area contributed by atoms with Gasteiger partial charge in [-0.15, -0.1) is 0 Å². The van der Waals surface area contributed by atoms with Gasteiger partial charge in [0.05, 0.1) is 0 Å². The third kappa shape index (κ3) is 2.92. The Balaban J connectivity index is 1.65. The number of carbonyl (C=O) groups is 1. The van der Waals surface area contributed by atoms with E-state index in [0.29, 0.717) is 6.04 Å². The lowest BCUT2D eigenvalue weighted by Gasteiger charge is -2.45. The second-order valence-electron chi connectivity index (χ2n) is 4.68. The molecule has 1 unspecified atom stereocenters. The van der Waals surface area contributed by atoms with E-state index in [1.165, 1.54) is 32.5 Å². The molecule has 1 amide bonds. The Morgan fingerprint density at radius 3 is 2.60 bits per heavy atom. The largest absolute Gasteiger partial charge is 0.355 e. The highest BCUT2D eigenvalue weighted by Gasteiger charge is 2.33. The quantitative estimate of drug-likeness (QED) is 0.633. The first-order valence-electron chi connectivity index (χ1n) is 5.96. The molecule has 2 N–H and O–H groups in total. The monoisotopic (exact) mass is 211 g/mol. The molecule has 2 bridgehead atoms. The molecule has 3 heterocycles. The van der Waals surface area contributed by atoms with Crippen LogP contribution in [0.5, 0.6) is 0 Å². The average Bonchev–Trinajstić information content (AvgIpc) is 2.26. The third-order valence-electron chi connectivity index (χ3n) is 3.56. The fourth-order valence-corrected chi connectivity index (χ4v) is 2.69. The van der Waals surface area contributed by atoms with Crippen LogP contribution < -0.4 is 10.6 Å². The van der Waals surface area contributed by atoms with Crippen LogP contribution in [-0.4, -0.2) is 49.6 Å². The van der Waals surface area contributed by atoms with Gasteiger partial charge >= 0.3 is 0 Å². The topological polar surface area (TPSA) is 44.4 Å². The van der Waals surface area contributed by atoms with E-state index in [4.69, 9.17) is 0 Å². The molecule has 3 aliphatic heterocycles. The predicted octanol–water partition coefficient (Wildman–Crippen LogP) is -0.194. The summed E-state index contributed by atoms with van der Waals surface area (Å²) >= 11 is 0. The van der Waals surface area contributed by atoms with Gasteiger partial charge < -0.3 is 15.5 Å². The van der Waals surface area contributed by atoms with E-state index in [1.807, 2.05) is 0 Å². The molecule has 3 rings (SSSR count). The molecule has 0 aromatic carbocycles. The van der Waals surface area contributed by atoms with Crippen LogP contribution in [0.15, 0.2) is 0 Å². The van der Waals surface area contributed by atoms with Crippen molar-refractivity contribution in [3.05, 3.63) is 0 Å². The summed E-state index contributed by atoms with van der Waals surface area (Å²) in [4.78, 5) is 13.2. The van der Waals surface area contributed by atoms with Crippen LogP contribution in [0.3, 0.4) is 0 Å². The lowest BCUT2D eigenvalue weighted by molar-refractivity contribution is -0.118. The third-order valence-corrected chi connectivity index (χ3v) is 3.56. The zero-order chi connectivity index (χ0) is 10.7. The Bertz CT molecular complexity index is 224. The van der Waals surface area contributed by atoms with E-state index in [2.05, 4.69) is 15.5 Å². The highest BCUT2D eigenvalue weighted by Crippen LogP contribution is 2.27. The van der Waals surface area contributed by atoms with Crippen molar-refractivity contribution in [2.75, 3.05) is 32.7 Å². The summed E-state index contributed by atoms with van der Waals surface area (Å²) < 4.78 is 0. The molecule has 0 aromatic heterocycles. The standard InChI is InChI=1S/C11H21N3O/c1-9(15)12-4-5-13-11-8-14-6-2-10(11)3-7-14/h10-11,13H,2-8H2,1H3,(H,12,15). The summed E-state index contributed by atoms with van der Waals surface area (Å²) in [5, 5.41) is 6.37. The predicted molar refractivity (Wildman–Crippen MR) is 59.6 cm³/mol. The van der Waals surface area contributed by atoms with Crippen molar-refractivity contribution in [1.82, 2.24) is 15.5 Å². The minimum atomic E-state index is 0.0608. The Kier molecular flexibility index (Phi) is 3.59. The van der Waals surface area contributed by atoms with E-state index in [0.717, 1.165) is 19.0 Å². The van der Waals surface area contributed by atoms with E-state index in [9.17, 15) is 4.79 Å². The van der Waals surface area contributed by atoms with Gasteiger partial charge in [0.15, 0.2) is 0 Å². The van der Waals surface area contributed by atoms with Crippen molar-refractivity contribution in [3.8, 4) is 0 Å². The summed E-state index contributed by atoms with van der Waals surface area (Å²) in [6.45, 7) is 6.98. The van der Waals surface area contributed by atoms with Crippen LogP contribution >= 0.6 is 0 Å². The Morgan fingerprint density at radius 2 is 2.07 bits per heavy atom. The maximum absolute atomic E-state index is 10.7. The Labute approximate surface area is 91.4 Å². The van der Waals surface area contributed by atoms with Crippen molar-refractivity contribution >= 4 is 5.91 Å². The van der Waals surface area contributed by atoms with Crippen LogP contribution in [0.1, 0.15) is 19.8 Å². The van der Waals surface area contributed by atoms with Gasteiger partial charge in [-0.3, -0.25) is 4.79 Å². The second-order valence-corrected chi connectivity index (χ2v) is 4.68. The van der Waals surface area contributed by atoms with Gasteiger partial charge in [-0.25, -0.2) is 0 Å². The molecule has 0 aliphatic carbocycles. The normalized spacial score (nSPS) is 34.1. The first kappa shape index (κ1) is 10.9. The molecule has 4 nitrogen and oxygen atoms in total. The molecule has 0 radical (unpaired) electrons. The Morgan fingerprint density at radius 1 is 1.33 bits per heavy atom. The maximum atomic E-state index is 10.7. The number of piperidine rings is 3. The number of carbonyl (C=O) groups excluding carboxylic acids is 1. The van der Waals surface area contributed by atoms with Crippen LogP contribution in [0.25, 0.3) is 0 Å². The smallest absolute Gasteiger partial charge is 0.216 e. The van der Waals surface area contributed by atoms with Gasteiger partial charge in [0.2, 0.25) is 5.91 Å². The number of nitrogens with zero attached hydrogens (tertiary/aromatic N) is 1. The zero-order valence-corrected chi connectivity index (χ0v) is 9.46. The molecule has 1 atom stereocenters. The van der Waals surface area contributed by atoms with Gasteiger partial charge in [0, 0.05) is 32.6 Å². The fraction of sp³-hybridized carbons (Fsp3) is 0.909. The van der Waals surface area contributed by atoms with Gasteiger partial charge in [-0.2, -0.15) is 0 Å². The molecule has 15 heavy (non-hydrogen) atoms. The van der Waals surface area contributed by atoms with E-state index in [1.54, 1.807) is 6.92 Å². The molecular weight excluding hydrogens is 190 g/mol. The first-order valence-corrected chi connectivity index (χ1v) is 5.96. The van der Waals surface area contributed by atoms with Crippen molar-refractivity contribution in [2.45, 2.75) is 25.8 Å². The number of hydrogen-bond donors (Lipinski definition) is 2. The summed E-state index contributed by atoms with van der Waals surface area (Å²) in [6.07, 6.45) is 2.69. The van der Waals surface area contributed by atoms with Crippen molar-refractivity contribution in [2.24, 2.45) is 5.92 Å². The second kappa shape index (κ2) is 4.94. The van der Waals surface area contributed by atoms with E-state index < -0.39 is 0 Å². The number of amides is 1. The lowest BCUT2D eigenvalue weighted by atomic mass is 9.84. The minimum Gasteiger partial charge on any atom is -0.355 e. The van der Waals surface area contributed by atoms with E-state index >= 15 is 0 Å². The number of nitrogens with one attached hydrogen (secondary N) is 2. The molecule has 3 fully saturated rings. The summed E-state index contributed by atoms with van der Waals surface area (Å²) in [6, 6.07) is 0.654. The number of hydrogen-bond acceptors (Lipinski definition) is 3. The van der Waals surface area contributed by atoms with Gasteiger partial charge in [-0.1, -0.05) is 0 Å². The van der Waals surface area contributed by atoms with Gasteiger partial charge in [0.1, 0.15) is 0 Å². The van der Waals surface area contributed by atoms with Crippen LogP contribution in [0.4, 0.5) is 0 Å². The van der Waals surface area contributed by atoms with Crippen LogP contribution in [-0.2, 0) is 4.79 Å². The van der Waals surface area contributed by atoms with Crippen molar-refractivity contribution < 1.29 is 4.79 Å². The van der Waals surface area contributed by atoms with Crippen LogP contribution in [0.2, 0.25) is 0 Å². The number of fused-ring (bicyclic) bond motifs is 3. The molecule has 86 valence electrons. The highest BCUT2D eigenvalue weighted by atomic mass is 16.1. The molecule has 4 heteroatoms. The highest BCUT2D eigenvalue weighted by molar-refractivity contribution is 5.72. The van der Waals surface area contributed by atoms with E-state index in [-0.39, 0.29) is 5.91 Å². The van der Waals surface area contributed by atoms with Crippen LogP contribution in [0, 0.1) is 5.92 Å². The van der Waals surface area contributed by atoms with Crippen molar-refractivity contribution in [3.63, 3.8) is 0 Å². The zero-order valence-electron chi connectivity index (χ0n) is 9.46. The molecule has 0 spiro atoms. The van der Waals surface area contributed by atoms with Crippen molar-refractivity contribution in [1.29, 1.82) is 0 Å². The average molecular weight is 211 g/mol. The summed E-state index contributed by atoms with van der Waals surface area (Å²) in [5.74, 6) is 0.929. The molecule has 0 aromatic rings. The SMILES string of the molecule is CC(=O)NCCNC1CN2CCC1CC2. The summed E-state index contributed by atoms with van der Waals surface area (Å²) in [7, 11) is 0. The lowest BCUT2D eigenvalue weighted by Crippen LogP contribution is -2.56. The summed E-state index contributed by atoms with van der Waals surface area (Å²) in [5.41, 5.74) is 0. The number of rotatable bonds is 4. The fourth-order valence-electron chi connectivity index (χ4n) is 2.69. The molecule has 3 aliphatic rings. The van der Waals surface area contributed by atoms with Gasteiger partial charge in [0.25, 0.3) is 0 Å². The Hall–Kier alpha value is -0.610.